The van der Waals surface area contributed by atoms with Crippen molar-refractivity contribution in [2.45, 2.75) is 6.92 Å². The van der Waals surface area contributed by atoms with Crippen molar-refractivity contribution in [2.24, 2.45) is 0 Å². The summed E-state index contributed by atoms with van der Waals surface area (Å²) in [6.07, 6.45) is 0. The van der Waals surface area contributed by atoms with Crippen LogP contribution in [-0.2, 0) is 0 Å². The van der Waals surface area contributed by atoms with Gasteiger partial charge < -0.3 is 5.32 Å². The molecule has 3 amide bonds. The van der Waals surface area contributed by atoms with Crippen LogP contribution in [0.4, 0.5) is 9.18 Å². The average molecular weight is 222 g/mol. The fraction of sp³-hybridized carbons (Fsp3) is 0.273. The first-order chi connectivity index (χ1) is 7.59. The second-order valence-corrected chi connectivity index (χ2v) is 3.65. The Balaban J connectivity index is 2.30. The monoisotopic (exact) mass is 222 g/mol. The standard InChI is InChI=1S/C11H11FN2O2/c1-7-6-8(12)2-3-9(7)10(15)14-5-4-13-11(14)16/h2-3,6H,4-5H2,1H3,(H,13,16). The Morgan fingerprint density at radius 1 is 1.50 bits per heavy atom. The van der Waals surface area contributed by atoms with Crippen LogP contribution >= 0.6 is 0 Å². The lowest BCUT2D eigenvalue weighted by atomic mass is 10.1. The van der Waals surface area contributed by atoms with E-state index in [9.17, 15) is 14.0 Å². The lowest BCUT2D eigenvalue weighted by Crippen LogP contribution is -2.34. The van der Waals surface area contributed by atoms with Gasteiger partial charge in [0.25, 0.3) is 5.91 Å². The zero-order valence-electron chi connectivity index (χ0n) is 8.79. The minimum Gasteiger partial charge on any atom is -0.336 e. The highest BCUT2D eigenvalue weighted by molar-refractivity contribution is 6.05. The van der Waals surface area contributed by atoms with Gasteiger partial charge in [0.05, 0.1) is 0 Å². The maximum absolute atomic E-state index is 12.9. The lowest BCUT2D eigenvalue weighted by molar-refractivity contribution is 0.0828. The molecule has 1 aliphatic heterocycles. The third kappa shape index (κ3) is 1.76. The third-order valence-corrected chi connectivity index (χ3v) is 2.52. The molecule has 0 bridgehead atoms. The Bertz CT molecular complexity index is 459. The maximum Gasteiger partial charge on any atom is 0.324 e. The molecule has 0 aliphatic carbocycles. The van der Waals surface area contributed by atoms with Crippen LogP contribution < -0.4 is 5.32 Å². The molecule has 1 saturated heterocycles. The molecule has 1 aromatic rings. The number of carbonyl (C=O) groups excluding carboxylic acids is 2. The highest BCUT2D eigenvalue weighted by atomic mass is 19.1. The molecular weight excluding hydrogens is 211 g/mol. The van der Waals surface area contributed by atoms with E-state index in [0.29, 0.717) is 24.2 Å². The summed E-state index contributed by atoms with van der Waals surface area (Å²) < 4.78 is 12.9. The number of rotatable bonds is 1. The Hall–Kier alpha value is -1.91. The molecule has 0 atom stereocenters. The molecule has 0 saturated carbocycles. The van der Waals surface area contributed by atoms with Crippen molar-refractivity contribution in [3.8, 4) is 0 Å². The van der Waals surface area contributed by atoms with Crippen LogP contribution in [0.3, 0.4) is 0 Å². The number of hydrogen-bond acceptors (Lipinski definition) is 2. The number of nitrogens with zero attached hydrogens (tertiary/aromatic N) is 1. The Labute approximate surface area is 92.0 Å². The second-order valence-electron chi connectivity index (χ2n) is 3.65. The van der Waals surface area contributed by atoms with Gasteiger partial charge >= 0.3 is 6.03 Å². The predicted molar refractivity (Wildman–Crippen MR) is 55.6 cm³/mol. The van der Waals surface area contributed by atoms with E-state index in [-0.39, 0.29) is 11.7 Å². The largest absolute Gasteiger partial charge is 0.336 e. The number of nitrogens with one attached hydrogen (secondary N) is 1. The van der Waals surface area contributed by atoms with Crippen molar-refractivity contribution in [2.75, 3.05) is 13.1 Å². The van der Waals surface area contributed by atoms with Crippen molar-refractivity contribution in [3.63, 3.8) is 0 Å². The van der Waals surface area contributed by atoms with Crippen molar-refractivity contribution in [1.82, 2.24) is 10.2 Å². The topological polar surface area (TPSA) is 49.4 Å². The summed E-state index contributed by atoms with van der Waals surface area (Å²) in [5, 5.41) is 2.54. The first kappa shape index (κ1) is 10.6. The minimum atomic E-state index is -0.395. The summed E-state index contributed by atoms with van der Waals surface area (Å²) in [5.41, 5.74) is 0.892. The molecule has 84 valence electrons. The smallest absolute Gasteiger partial charge is 0.324 e. The summed E-state index contributed by atoms with van der Waals surface area (Å²) in [6.45, 7) is 2.46. The SMILES string of the molecule is Cc1cc(F)ccc1C(=O)N1CCNC1=O. The van der Waals surface area contributed by atoms with Gasteiger partial charge in [-0.2, -0.15) is 0 Å². The molecule has 4 nitrogen and oxygen atoms in total. The average Bonchev–Trinajstić information content (AvgIpc) is 2.63. The number of aryl methyl sites for hydroxylation is 1. The molecule has 1 fully saturated rings. The molecule has 0 radical (unpaired) electrons. The third-order valence-electron chi connectivity index (χ3n) is 2.52. The van der Waals surface area contributed by atoms with Crippen molar-refractivity contribution in [1.29, 1.82) is 0 Å². The van der Waals surface area contributed by atoms with Crippen LogP contribution in [-0.4, -0.2) is 29.9 Å². The van der Waals surface area contributed by atoms with Gasteiger partial charge in [0.1, 0.15) is 5.82 Å². The predicted octanol–water partition coefficient (Wildman–Crippen LogP) is 1.30. The van der Waals surface area contributed by atoms with Crippen molar-refractivity contribution < 1.29 is 14.0 Å². The number of carbonyl (C=O) groups is 2. The summed E-state index contributed by atoms with van der Waals surface area (Å²) in [4.78, 5) is 24.3. The Morgan fingerprint density at radius 3 is 2.81 bits per heavy atom. The van der Waals surface area contributed by atoms with E-state index < -0.39 is 6.03 Å². The van der Waals surface area contributed by atoms with E-state index in [1.165, 1.54) is 18.2 Å². The maximum atomic E-state index is 12.9. The van der Waals surface area contributed by atoms with Gasteiger partial charge in [-0.25, -0.2) is 9.18 Å². The molecule has 1 heterocycles. The van der Waals surface area contributed by atoms with E-state index >= 15 is 0 Å². The van der Waals surface area contributed by atoms with Crippen LogP contribution in [0.1, 0.15) is 15.9 Å². The first-order valence-corrected chi connectivity index (χ1v) is 4.95. The number of amides is 3. The highest BCUT2D eigenvalue weighted by Gasteiger charge is 2.27. The summed E-state index contributed by atoms with van der Waals surface area (Å²) in [5.74, 6) is -0.771. The van der Waals surface area contributed by atoms with Gasteiger partial charge in [-0.3, -0.25) is 9.69 Å². The molecular formula is C11H11FN2O2. The Morgan fingerprint density at radius 2 is 2.25 bits per heavy atom. The summed E-state index contributed by atoms with van der Waals surface area (Å²) in [6, 6.07) is 3.50. The van der Waals surface area contributed by atoms with E-state index in [0.717, 1.165) is 4.90 Å². The quantitative estimate of drug-likeness (QED) is 0.778. The first-order valence-electron chi connectivity index (χ1n) is 4.95. The fourth-order valence-corrected chi connectivity index (χ4v) is 1.68. The van der Waals surface area contributed by atoms with E-state index in [1.807, 2.05) is 0 Å². The normalized spacial score (nSPS) is 15.1. The van der Waals surface area contributed by atoms with Crippen LogP contribution in [0.5, 0.6) is 0 Å². The lowest BCUT2D eigenvalue weighted by Gasteiger charge is -2.13. The molecule has 0 aromatic heterocycles. The van der Waals surface area contributed by atoms with E-state index in [4.69, 9.17) is 0 Å². The minimum absolute atomic E-state index is 0.356. The molecule has 1 N–H and O–H groups in total. The van der Waals surface area contributed by atoms with Gasteiger partial charge in [0.2, 0.25) is 0 Å². The van der Waals surface area contributed by atoms with Gasteiger partial charge in [-0.05, 0) is 30.7 Å². The fourth-order valence-electron chi connectivity index (χ4n) is 1.68. The summed E-state index contributed by atoms with van der Waals surface area (Å²) >= 11 is 0. The Kier molecular flexibility index (Phi) is 2.60. The van der Waals surface area contributed by atoms with Crippen LogP contribution in [0.25, 0.3) is 0 Å². The van der Waals surface area contributed by atoms with Crippen molar-refractivity contribution >= 4 is 11.9 Å². The van der Waals surface area contributed by atoms with Crippen LogP contribution in [0.15, 0.2) is 18.2 Å². The molecule has 1 aliphatic rings. The molecule has 2 rings (SSSR count). The molecule has 16 heavy (non-hydrogen) atoms. The number of urea groups is 1. The molecule has 5 heteroatoms. The zero-order valence-corrected chi connectivity index (χ0v) is 8.79. The van der Waals surface area contributed by atoms with Gasteiger partial charge in [-0.1, -0.05) is 0 Å². The van der Waals surface area contributed by atoms with Crippen LogP contribution in [0, 0.1) is 12.7 Å². The number of hydrogen-bond donors (Lipinski definition) is 1. The van der Waals surface area contributed by atoms with E-state index in [1.54, 1.807) is 6.92 Å². The zero-order chi connectivity index (χ0) is 11.7. The number of benzene rings is 1. The molecule has 1 aromatic carbocycles. The summed E-state index contributed by atoms with van der Waals surface area (Å²) in [7, 11) is 0. The second kappa shape index (κ2) is 3.92. The van der Waals surface area contributed by atoms with Crippen molar-refractivity contribution in [3.05, 3.63) is 35.1 Å². The van der Waals surface area contributed by atoms with E-state index in [2.05, 4.69) is 5.32 Å². The number of halogens is 1. The highest BCUT2D eigenvalue weighted by Crippen LogP contribution is 2.14. The van der Waals surface area contributed by atoms with Crippen LogP contribution in [0.2, 0.25) is 0 Å². The van der Waals surface area contributed by atoms with Gasteiger partial charge in [0, 0.05) is 18.7 Å². The molecule has 0 unspecified atom stereocenters. The van der Waals surface area contributed by atoms with Gasteiger partial charge in [-0.15, -0.1) is 0 Å². The number of imide groups is 1. The van der Waals surface area contributed by atoms with Gasteiger partial charge in [0.15, 0.2) is 0 Å². The molecule has 0 spiro atoms.